The Labute approximate surface area is 159 Å². The number of pyridine rings is 1. The summed E-state index contributed by atoms with van der Waals surface area (Å²) in [5, 5.41) is 3.57. The SMILES string of the molecule is COc1ccc(-c2nc3cc(C)ccn3c2NC[C@@H]2CCCO2)cc1OC. The van der Waals surface area contributed by atoms with Gasteiger partial charge in [0.2, 0.25) is 0 Å². The number of anilines is 1. The van der Waals surface area contributed by atoms with E-state index >= 15 is 0 Å². The van der Waals surface area contributed by atoms with Crippen molar-refractivity contribution in [2.45, 2.75) is 25.9 Å². The summed E-state index contributed by atoms with van der Waals surface area (Å²) < 4.78 is 18.7. The number of nitrogens with zero attached hydrogens (tertiary/aromatic N) is 2. The summed E-state index contributed by atoms with van der Waals surface area (Å²) in [7, 11) is 3.28. The van der Waals surface area contributed by atoms with Crippen molar-refractivity contribution < 1.29 is 14.2 Å². The molecule has 1 aliphatic rings. The summed E-state index contributed by atoms with van der Waals surface area (Å²) in [5.41, 5.74) is 3.95. The summed E-state index contributed by atoms with van der Waals surface area (Å²) in [5.74, 6) is 2.36. The van der Waals surface area contributed by atoms with Crippen molar-refractivity contribution >= 4 is 11.5 Å². The number of ether oxygens (including phenoxy) is 3. The van der Waals surface area contributed by atoms with Crippen LogP contribution in [0.15, 0.2) is 36.5 Å². The average Bonchev–Trinajstić information content (AvgIpc) is 3.33. The molecule has 0 amide bonds. The maximum atomic E-state index is 5.77. The van der Waals surface area contributed by atoms with E-state index < -0.39 is 0 Å². The van der Waals surface area contributed by atoms with Gasteiger partial charge in [0, 0.05) is 24.9 Å². The Morgan fingerprint density at radius 1 is 1.19 bits per heavy atom. The molecule has 1 atom stereocenters. The van der Waals surface area contributed by atoms with Crippen LogP contribution in [0, 0.1) is 6.92 Å². The molecule has 3 aromatic rings. The van der Waals surface area contributed by atoms with Gasteiger partial charge in [0.15, 0.2) is 11.5 Å². The lowest BCUT2D eigenvalue weighted by atomic mass is 10.1. The van der Waals surface area contributed by atoms with E-state index in [1.807, 2.05) is 18.2 Å². The molecule has 0 bridgehead atoms. The largest absolute Gasteiger partial charge is 0.493 e. The second-order valence-electron chi connectivity index (χ2n) is 6.83. The van der Waals surface area contributed by atoms with Crippen molar-refractivity contribution in [1.29, 1.82) is 0 Å². The molecule has 1 aromatic carbocycles. The monoisotopic (exact) mass is 367 g/mol. The van der Waals surface area contributed by atoms with E-state index in [-0.39, 0.29) is 6.10 Å². The van der Waals surface area contributed by atoms with Crippen LogP contribution < -0.4 is 14.8 Å². The van der Waals surface area contributed by atoms with E-state index in [1.54, 1.807) is 14.2 Å². The summed E-state index contributed by atoms with van der Waals surface area (Å²) >= 11 is 0. The van der Waals surface area contributed by atoms with E-state index in [2.05, 4.69) is 35.0 Å². The van der Waals surface area contributed by atoms with Crippen molar-refractivity contribution in [3.63, 3.8) is 0 Å². The average molecular weight is 367 g/mol. The number of imidazole rings is 1. The molecule has 6 nitrogen and oxygen atoms in total. The quantitative estimate of drug-likeness (QED) is 0.716. The van der Waals surface area contributed by atoms with Gasteiger partial charge in [-0.05, 0) is 55.7 Å². The van der Waals surface area contributed by atoms with Gasteiger partial charge in [-0.15, -0.1) is 0 Å². The summed E-state index contributed by atoms with van der Waals surface area (Å²) in [6.45, 7) is 3.69. The van der Waals surface area contributed by atoms with Crippen molar-refractivity contribution in [1.82, 2.24) is 9.38 Å². The van der Waals surface area contributed by atoms with E-state index in [0.29, 0.717) is 11.5 Å². The third kappa shape index (κ3) is 3.45. The fraction of sp³-hybridized carbons (Fsp3) is 0.381. The van der Waals surface area contributed by atoms with Crippen LogP contribution in [-0.2, 0) is 4.74 Å². The smallest absolute Gasteiger partial charge is 0.161 e. The molecule has 142 valence electrons. The molecule has 27 heavy (non-hydrogen) atoms. The third-order valence-corrected chi connectivity index (χ3v) is 4.96. The molecule has 0 aliphatic carbocycles. The third-order valence-electron chi connectivity index (χ3n) is 4.96. The van der Waals surface area contributed by atoms with E-state index in [4.69, 9.17) is 19.2 Å². The molecule has 0 unspecified atom stereocenters. The molecule has 0 radical (unpaired) electrons. The molecule has 1 fully saturated rings. The Bertz CT molecular complexity index is 945. The Hall–Kier alpha value is -2.73. The van der Waals surface area contributed by atoms with Crippen LogP contribution in [0.2, 0.25) is 0 Å². The Morgan fingerprint density at radius 3 is 2.78 bits per heavy atom. The first-order chi connectivity index (χ1) is 13.2. The molecular formula is C21H25N3O3. The van der Waals surface area contributed by atoms with E-state index in [1.165, 1.54) is 5.56 Å². The van der Waals surface area contributed by atoms with Gasteiger partial charge in [-0.3, -0.25) is 4.40 Å². The van der Waals surface area contributed by atoms with Crippen molar-refractivity contribution in [3.05, 3.63) is 42.1 Å². The second-order valence-corrected chi connectivity index (χ2v) is 6.83. The van der Waals surface area contributed by atoms with E-state index in [9.17, 15) is 0 Å². The van der Waals surface area contributed by atoms with Crippen molar-refractivity contribution in [2.75, 3.05) is 32.7 Å². The maximum Gasteiger partial charge on any atom is 0.161 e. The minimum Gasteiger partial charge on any atom is -0.493 e. The Kier molecular flexibility index (Phi) is 4.90. The first kappa shape index (κ1) is 17.7. The lowest BCUT2D eigenvalue weighted by Crippen LogP contribution is -2.19. The number of nitrogens with one attached hydrogen (secondary N) is 1. The zero-order chi connectivity index (χ0) is 18.8. The van der Waals surface area contributed by atoms with Gasteiger partial charge in [-0.2, -0.15) is 0 Å². The van der Waals surface area contributed by atoms with Crippen LogP contribution in [0.25, 0.3) is 16.9 Å². The summed E-state index contributed by atoms with van der Waals surface area (Å²) in [4.78, 5) is 4.88. The lowest BCUT2D eigenvalue weighted by Gasteiger charge is -2.14. The molecule has 4 rings (SSSR count). The van der Waals surface area contributed by atoms with Gasteiger partial charge in [-0.1, -0.05) is 0 Å². The second kappa shape index (κ2) is 7.48. The zero-order valence-electron chi connectivity index (χ0n) is 16.0. The highest BCUT2D eigenvalue weighted by Crippen LogP contribution is 2.35. The molecule has 1 N–H and O–H groups in total. The fourth-order valence-corrected chi connectivity index (χ4v) is 3.52. The van der Waals surface area contributed by atoms with Gasteiger partial charge in [0.1, 0.15) is 17.2 Å². The van der Waals surface area contributed by atoms with Gasteiger partial charge < -0.3 is 19.5 Å². The summed E-state index contributed by atoms with van der Waals surface area (Å²) in [6, 6.07) is 10.1. The molecule has 2 aromatic heterocycles. The van der Waals surface area contributed by atoms with Crippen molar-refractivity contribution in [3.8, 4) is 22.8 Å². The maximum absolute atomic E-state index is 5.77. The number of aromatic nitrogens is 2. The normalized spacial score (nSPS) is 16.6. The molecule has 0 spiro atoms. The van der Waals surface area contributed by atoms with Crippen LogP contribution in [-0.4, -0.2) is 42.9 Å². The first-order valence-corrected chi connectivity index (χ1v) is 9.26. The molecular weight excluding hydrogens is 342 g/mol. The van der Waals surface area contributed by atoms with Crippen LogP contribution in [0.5, 0.6) is 11.5 Å². The predicted octanol–water partition coefficient (Wildman–Crippen LogP) is 3.92. The number of fused-ring (bicyclic) bond motifs is 1. The number of hydrogen-bond acceptors (Lipinski definition) is 5. The minimum atomic E-state index is 0.249. The molecule has 1 aliphatic heterocycles. The van der Waals surface area contributed by atoms with Crippen LogP contribution in [0.4, 0.5) is 5.82 Å². The van der Waals surface area contributed by atoms with Gasteiger partial charge in [0.25, 0.3) is 0 Å². The topological polar surface area (TPSA) is 57.0 Å². The number of aryl methyl sites for hydroxylation is 1. The zero-order valence-corrected chi connectivity index (χ0v) is 16.0. The predicted molar refractivity (Wildman–Crippen MR) is 106 cm³/mol. The molecule has 0 saturated carbocycles. The first-order valence-electron chi connectivity index (χ1n) is 9.26. The minimum absolute atomic E-state index is 0.249. The summed E-state index contributed by atoms with van der Waals surface area (Å²) in [6.07, 6.45) is 4.52. The molecule has 3 heterocycles. The number of hydrogen-bond donors (Lipinski definition) is 1. The van der Waals surface area contributed by atoms with Crippen molar-refractivity contribution in [2.24, 2.45) is 0 Å². The van der Waals surface area contributed by atoms with E-state index in [0.717, 1.165) is 48.7 Å². The molecule has 1 saturated heterocycles. The highest BCUT2D eigenvalue weighted by molar-refractivity contribution is 5.78. The molecule has 6 heteroatoms. The highest BCUT2D eigenvalue weighted by Gasteiger charge is 2.19. The van der Waals surface area contributed by atoms with Gasteiger partial charge in [-0.25, -0.2) is 4.98 Å². The van der Waals surface area contributed by atoms with Gasteiger partial charge >= 0.3 is 0 Å². The Balaban J connectivity index is 1.77. The van der Waals surface area contributed by atoms with Crippen LogP contribution in [0.3, 0.4) is 0 Å². The number of rotatable bonds is 6. The Morgan fingerprint density at radius 2 is 2.04 bits per heavy atom. The number of methoxy groups -OCH3 is 2. The lowest BCUT2D eigenvalue weighted by molar-refractivity contribution is 0.120. The fourth-order valence-electron chi connectivity index (χ4n) is 3.52. The van der Waals surface area contributed by atoms with Crippen LogP contribution >= 0.6 is 0 Å². The standard InChI is InChI=1S/C21H25N3O3/c1-14-8-9-24-19(11-14)23-20(21(24)22-13-16-5-4-10-27-16)15-6-7-17(25-2)18(12-15)26-3/h6-9,11-12,16,22H,4-5,10,13H2,1-3H3/t16-/m0/s1. The van der Waals surface area contributed by atoms with Gasteiger partial charge in [0.05, 0.1) is 20.3 Å². The number of benzene rings is 1. The highest BCUT2D eigenvalue weighted by atomic mass is 16.5. The van der Waals surface area contributed by atoms with Crippen LogP contribution in [0.1, 0.15) is 18.4 Å².